The molecular weight excluding hydrogens is 260 g/mol. The van der Waals surface area contributed by atoms with Crippen LogP contribution in [0.2, 0.25) is 0 Å². The zero-order valence-electron chi connectivity index (χ0n) is 12.6. The Morgan fingerprint density at radius 2 is 2.05 bits per heavy atom. The van der Waals surface area contributed by atoms with E-state index in [4.69, 9.17) is 9.97 Å². The van der Waals surface area contributed by atoms with Crippen molar-refractivity contribution in [3.8, 4) is 11.4 Å². The minimum Gasteiger partial charge on any atom is -0.370 e. The van der Waals surface area contributed by atoms with E-state index in [2.05, 4.69) is 17.2 Å². The fraction of sp³-hybridized carbons (Fsp3) is 0.471. The number of hydrogen-bond acceptors (Lipinski definition) is 4. The number of hydrogen-bond donors (Lipinski definition) is 1. The molecule has 3 rings (SSSR count). The zero-order valence-corrected chi connectivity index (χ0v) is 12.6. The van der Waals surface area contributed by atoms with E-state index < -0.39 is 0 Å². The number of pyridine rings is 1. The van der Waals surface area contributed by atoms with E-state index in [0.29, 0.717) is 0 Å². The lowest BCUT2D eigenvalue weighted by Crippen LogP contribution is -2.10. The molecule has 0 aliphatic heterocycles. The maximum absolute atomic E-state index is 4.82. The molecule has 0 saturated heterocycles. The van der Waals surface area contributed by atoms with Crippen molar-refractivity contribution in [3.05, 3.63) is 35.8 Å². The highest BCUT2D eigenvalue weighted by Gasteiger charge is 2.17. The van der Waals surface area contributed by atoms with E-state index in [9.17, 15) is 0 Å². The molecule has 0 aromatic carbocycles. The van der Waals surface area contributed by atoms with Gasteiger partial charge < -0.3 is 5.32 Å². The average Bonchev–Trinajstić information content (AvgIpc) is 2.78. The summed E-state index contributed by atoms with van der Waals surface area (Å²) >= 11 is 0. The first-order valence-electron chi connectivity index (χ1n) is 7.92. The maximum Gasteiger partial charge on any atom is 0.163 e. The van der Waals surface area contributed by atoms with Crippen LogP contribution < -0.4 is 5.32 Å². The van der Waals surface area contributed by atoms with Gasteiger partial charge in [0.05, 0.1) is 0 Å². The van der Waals surface area contributed by atoms with Crippen LogP contribution in [-0.2, 0) is 12.8 Å². The first-order chi connectivity index (χ1) is 10.4. The van der Waals surface area contributed by atoms with Gasteiger partial charge >= 0.3 is 0 Å². The van der Waals surface area contributed by atoms with Crippen LogP contribution in [0.15, 0.2) is 24.5 Å². The van der Waals surface area contributed by atoms with Crippen molar-refractivity contribution in [1.82, 2.24) is 15.0 Å². The summed E-state index contributed by atoms with van der Waals surface area (Å²) < 4.78 is 0. The second kappa shape index (κ2) is 6.66. The van der Waals surface area contributed by atoms with Crippen molar-refractivity contribution in [2.24, 2.45) is 0 Å². The molecule has 110 valence electrons. The molecule has 0 unspecified atom stereocenters. The highest BCUT2D eigenvalue weighted by molar-refractivity contribution is 5.59. The van der Waals surface area contributed by atoms with Gasteiger partial charge in [0.15, 0.2) is 5.82 Å². The Labute approximate surface area is 126 Å². The lowest BCUT2D eigenvalue weighted by atomic mass is 10.1. The molecule has 0 fully saturated rings. The summed E-state index contributed by atoms with van der Waals surface area (Å²) in [5, 5.41) is 3.49. The fourth-order valence-corrected chi connectivity index (χ4v) is 2.78. The number of fused-ring (bicyclic) bond motifs is 1. The normalized spacial score (nSPS) is 14.3. The lowest BCUT2D eigenvalue weighted by Gasteiger charge is -2.14. The maximum atomic E-state index is 4.82. The largest absolute Gasteiger partial charge is 0.370 e. The van der Waals surface area contributed by atoms with Crippen LogP contribution in [0.1, 0.15) is 43.9 Å². The number of nitrogens with one attached hydrogen (secondary N) is 1. The minimum absolute atomic E-state index is 0.794. The Balaban J connectivity index is 2.04. The van der Waals surface area contributed by atoms with E-state index in [1.165, 1.54) is 30.5 Å². The molecule has 0 radical (unpaired) electrons. The van der Waals surface area contributed by atoms with Crippen LogP contribution in [0.5, 0.6) is 0 Å². The summed E-state index contributed by atoms with van der Waals surface area (Å²) in [4.78, 5) is 13.8. The standard InChI is InChI=1S/C17H22N4/c1-2-10-19-17-14-8-4-3-5-9-15(14)20-16(21-17)13-7-6-11-18-12-13/h6-7,11-12H,2-5,8-10H2,1H3,(H,19,20,21). The molecule has 2 aromatic rings. The van der Waals surface area contributed by atoms with Gasteiger partial charge in [0.1, 0.15) is 5.82 Å². The molecule has 0 atom stereocenters. The Hall–Kier alpha value is -1.97. The van der Waals surface area contributed by atoms with Gasteiger partial charge in [0, 0.05) is 35.8 Å². The average molecular weight is 282 g/mol. The fourth-order valence-electron chi connectivity index (χ4n) is 2.78. The van der Waals surface area contributed by atoms with Gasteiger partial charge in [-0.2, -0.15) is 0 Å². The molecule has 0 saturated carbocycles. The van der Waals surface area contributed by atoms with Gasteiger partial charge in [-0.05, 0) is 44.2 Å². The zero-order chi connectivity index (χ0) is 14.5. The molecule has 2 aromatic heterocycles. The quantitative estimate of drug-likeness (QED) is 0.870. The minimum atomic E-state index is 0.794. The third-order valence-corrected chi connectivity index (χ3v) is 3.90. The van der Waals surface area contributed by atoms with Crippen molar-refractivity contribution in [3.63, 3.8) is 0 Å². The number of rotatable bonds is 4. The third-order valence-electron chi connectivity index (χ3n) is 3.90. The number of nitrogens with zero attached hydrogens (tertiary/aromatic N) is 3. The molecule has 4 heteroatoms. The molecule has 0 spiro atoms. The van der Waals surface area contributed by atoms with Crippen LogP contribution in [0.4, 0.5) is 5.82 Å². The second-order valence-electron chi connectivity index (χ2n) is 5.55. The molecule has 21 heavy (non-hydrogen) atoms. The smallest absolute Gasteiger partial charge is 0.163 e. The van der Waals surface area contributed by atoms with E-state index >= 15 is 0 Å². The topological polar surface area (TPSA) is 50.7 Å². The van der Waals surface area contributed by atoms with Crippen LogP contribution in [0.25, 0.3) is 11.4 Å². The van der Waals surface area contributed by atoms with E-state index in [0.717, 1.165) is 43.0 Å². The van der Waals surface area contributed by atoms with E-state index in [1.54, 1.807) is 6.20 Å². The molecule has 1 aliphatic rings. The Morgan fingerprint density at radius 1 is 1.14 bits per heavy atom. The van der Waals surface area contributed by atoms with Gasteiger partial charge in [0.25, 0.3) is 0 Å². The van der Waals surface area contributed by atoms with Crippen LogP contribution in [-0.4, -0.2) is 21.5 Å². The highest BCUT2D eigenvalue weighted by atomic mass is 15.0. The van der Waals surface area contributed by atoms with Crippen molar-refractivity contribution < 1.29 is 0 Å². The van der Waals surface area contributed by atoms with Gasteiger partial charge in [-0.25, -0.2) is 9.97 Å². The van der Waals surface area contributed by atoms with Gasteiger partial charge in [-0.3, -0.25) is 4.98 Å². The predicted octanol–water partition coefficient (Wildman–Crippen LogP) is 3.63. The van der Waals surface area contributed by atoms with Crippen LogP contribution in [0.3, 0.4) is 0 Å². The summed E-state index contributed by atoms with van der Waals surface area (Å²) in [6.07, 6.45) is 10.6. The summed E-state index contributed by atoms with van der Waals surface area (Å²) in [6, 6.07) is 3.96. The molecular formula is C17H22N4. The predicted molar refractivity (Wildman–Crippen MR) is 85.3 cm³/mol. The SMILES string of the molecule is CCCNc1nc(-c2cccnc2)nc2c1CCCCC2. The Kier molecular flexibility index (Phi) is 4.43. The molecule has 0 bridgehead atoms. The van der Waals surface area contributed by atoms with E-state index in [1.807, 2.05) is 18.3 Å². The molecule has 2 heterocycles. The van der Waals surface area contributed by atoms with Gasteiger partial charge in [-0.15, -0.1) is 0 Å². The monoisotopic (exact) mass is 282 g/mol. The van der Waals surface area contributed by atoms with Crippen molar-refractivity contribution in [2.45, 2.75) is 45.4 Å². The van der Waals surface area contributed by atoms with Crippen LogP contribution >= 0.6 is 0 Å². The first kappa shape index (κ1) is 14.0. The van der Waals surface area contributed by atoms with Crippen molar-refractivity contribution >= 4 is 5.82 Å². The summed E-state index contributed by atoms with van der Waals surface area (Å²) in [7, 11) is 0. The molecule has 4 nitrogen and oxygen atoms in total. The molecule has 1 aliphatic carbocycles. The van der Waals surface area contributed by atoms with Gasteiger partial charge in [-0.1, -0.05) is 13.3 Å². The summed E-state index contributed by atoms with van der Waals surface area (Å²) in [6.45, 7) is 3.13. The first-order valence-corrected chi connectivity index (χ1v) is 7.92. The van der Waals surface area contributed by atoms with Crippen molar-refractivity contribution in [2.75, 3.05) is 11.9 Å². The number of anilines is 1. The highest BCUT2D eigenvalue weighted by Crippen LogP contribution is 2.27. The second-order valence-corrected chi connectivity index (χ2v) is 5.55. The lowest BCUT2D eigenvalue weighted by molar-refractivity contribution is 0.709. The van der Waals surface area contributed by atoms with Crippen molar-refractivity contribution in [1.29, 1.82) is 0 Å². The number of aryl methyl sites for hydroxylation is 1. The Morgan fingerprint density at radius 3 is 2.86 bits per heavy atom. The molecule has 0 amide bonds. The third kappa shape index (κ3) is 3.20. The van der Waals surface area contributed by atoms with Gasteiger partial charge in [0.2, 0.25) is 0 Å². The number of aromatic nitrogens is 3. The molecule has 1 N–H and O–H groups in total. The Bertz CT molecular complexity index is 595. The summed E-state index contributed by atoms with van der Waals surface area (Å²) in [5.41, 5.74) is 3.54. The summed E-state index contributed by atoms with van der Waals surface area (Å²) in [5.74, 6) is 1.82. The van der Waals surface area contributed by atoms with Crippen LogP contribution in [0, 0.1) is 0 Å². The van der Waals surface area contributed by atoms with E-state index in [-0.39, 0.29) is 0 Å².